The molecule has 28 heavy (non-hydrogen) atoms. The summed E-state index contributed by atoms with van der Waals surface area (Å²) in [7, 11) is 1.57. The first-order valence-corrected chi connectivity index (χ1v) is 9.37. The Labute approximate surface area is 164 Å². The molecule has 0 unspecified atom stereocenters. The highest BCUT2D eigenvalue weighted by atomic mass is 16.5. The number of carboxylic acid groups (broad SMARTS) is 1. The molecule has 1 heterocycles. The Hall–Kier alpha value is -3.15. The van der Waals surface area contributed by atoms with Crippen LogP contribution in [0.3, 0.4) is 0 Å². The molecule has 146 valence electrons. The summed E-state index contributed by atoms with van der Waals surface area (Å²) in [4.78, 5) is 15.9. The van der Waals surface area contributed by atoms with E-state index in [0.29, 0.717) is 29.5 Å². The number of carbonyl (C=O) groups is 1. The van der Waals surface area contributed by atoms with Crippen molar-refractivity contribution >= 4 is 5.97 Å². The van der Waals surface area contributed by atoms with Crippen molar-refractivity contribution in [2.45, 2.75) is 33.2 Å². The highest BCUT2D eigenvalue weighted by molar-refractivity contribution is 5.95. The lowest BCUT2D eigenvalue weighted by Gasteiger charge is -2.09. The van der Waals surface area contributed by atoms with Crippen molar-refractivity contribution in [1.82, 2.24) is 14.8 Å². The zero-order valence-electron chi connectivity index (χ0n) is 16.4. The fourth-order valence-corrected chi connectivity index (χ4v) is 3.03. The van der Waals surface area contributed by atoms with Crippen LogP contribution in [0, 0.1) is 5.92 Å². The van der Waals surface area contributed by atoms with E-state index in [9.17, 15) is 9.90 Å². The molecular formula is C22H25N3O3. The molecule has 0 fully saturated rings. The van der Waals surface area contributed by atoms with E-state index >= 15 is 0 Å². The highest BCUT2D eigenvalue weighted by Gasteiger charge is 2.13. The van der Waals surface area contributed by atoms with Gasteiger partial charge in [0.1, 0.15) is 5.82 Å². The predicted molar refractivity (Wildman–Crippen MR) is 108 cm³/mol. The van der Waals surface area contributed by atoms with Gasteiger partial charge in [-0.05, 0) is 35.1 Å². The molecule has 0 saturated carbocycles. The second kappa shape index (κ2) is 8.69. The SMILES string of the molecule is COc1nc(Cc2ccc(-c3ccccc3C(=O)O)cc2)n(CCC(C)C)n1. The van der Waals surface area contributed by atoms with E-state index in [1.165, 1.54) is 0 Å². The van der Waals surface area contributed by atoms with Gasteiger partial charge in [0.05, 0.1) is 12.7 Å². The lowest BCUT2D eigenvalue weighted by atomic mass is 9.98. The monoisotopic (exact) mass is 379 g/mol. The first-order valence-electron chi connectivity index (χ1n) is 9.37. The minimum atomic E-state index is -0.926. The van der Waals surface area contributed by atoms with Gasteiger partial charge < -0.3 is 9.84 Å². The van der Waals surface area contributed by atoms with Gasteiger partial charge in [-0.3, -0.25) is 0 Å². The van der Waals surface area contributed by atoms with Crippen LogP contribution in [0.5, 0.6) is 6.01 Å². The third-order valence-electron chi connectivity index (χ3n) is 4.61. The minimum absolute atomic E-state index is 0.299. The Bertz CT molecular complexity index is 946. The van der Waals surface area contributed by atoms with Gasteiger partial charge in [0.25, 0.3) is 0 Å². The molecule has 0 aliphatic rings. The molecule has 6 nitrogen and oxygen atoms in total. The van der Waals surface area contributed by atoms with Gasteiger partial charge in [-0.15, -0.1) is 5.10 Å². The lowest BCUT2D eigenvalue weighted by molar-refractivity contribution is 0.0697. The van der Waals surface area contributed by atoms with Gasteiger partial charge >= 0.3 is 12.0 Å². The van der Waals surface area contributed by atoms with Crippen LogP contribution < -0.4 is 4.74 Å². The third kappa shape index (κ3) is 4.57. The number of benzene rings is 2. The summed E-state index contributed by atoms with van der Waals surface area (Å²) >= 11 is 0. The number of methoxy groups -OCH3 is 1. The molecule has 3 rings (SSSR count). The number of hydrogen-bond acceptors (Lipinski definition) is 4. The fourth-order valence-electron chi connectivity index (χ4n) is 3.03. The molecule has 0 bridgehead atoms. The van der Waals surface area contributed by atoms with E-state index < -0.39 is 5.97 Å². The van der Waals surface area contributed by atoms with E-state index in [0.717, 1.165) is 29.9 Å². The number of ether oxygens (including phenoxy) is 1. The fraction of sp³-hybridized carbons (Fsp3) is 0.318. The number of nitrogens with zero attached hydrogens (tertiary/aromatic N) is 3. The second-order valence-corrected chi connectivity index (χ2v) is 7.14. The van der Waals surface area contributed by atoms with Crippen molar-refractivity contribution in [3.05, 3.63) is 65.5 Å². The standard InChI is InChI=1S/C22H25N3O3/c1-15(2)12-13-25-20(23-22(24-25)28-3)14-16-8-10-17(11-9-16)18-6-4-5-7-19(18)21(26)27/h4-11,15H,12-14H2,1-3H3,(H,26,27). The number of aryl methyl sites for hydroxylation is 1. The smallest absolute Gasteiger partial charge is 0.336 e. The van der Waals surface area contributed by atoms with E-state index in [1.807, 2.05) is 41.1 Å². The van der Waals surface area contributed by atoms with Gasteiger partial charge in [0.2, 0.25) is 0 Å². The number of hydrogen-bond donors (Lipinski definition) is 1. The molecule has 1 aromatic heterocycles. The average Bonchev–Trinajstić information content (AvgIpc) is 3.09. The minimum Gasteiger partial charge on any atom is -0.478 e. The van der Waals surface area contributed by atoms with Crippen molar-refractivity contribution in [1.29, 1.82) is 0 Å². The van der Waals surface area contributed by atoms with Crippen LogP contribution in [-0.4, -0.2) is 33.0 Å². The van der Waals surface area contributed by atoms with Crippen molar-refractivity contribution in [3.8, 4) is 17.1 Å². The topological polar surface area (TPSA) is 77.2 Å². The van der Waals surface area contributed by atoms with Crippen molar-refractivity contribution in [2.75, 3.05) is 7.11 Å². The summed E-state index contributed by atoms with van der Waals surface area (Å²) in [5, 5.41) is 13.8. The van der Waals surface area contributed by atoms with Gasteiger partial charge in [-0.2, -0.15) is 4.98 Å². The number of aromatic carboxylic acids is 1. The van der Waals surface area contributed by atoms with Crippen molar-refractivity contribution in [2.24, 2.45) is 5.92 Å². The normalized spacial score (nSPS) is 11.0. The molecule has 2 aromatic carbocycles. The Kier molecular flexibility index (Phi) is 6.09. The molecule has 0 amide bonds. The summed E-state index contributed by atoms with van der Waals surface area (Å²) in [5.41, 5.74) is 2.97. The van der Waals surface area contributed by atoms with Crippen LogP contribution in [0.2, 0.25) is 0 Å². The van der Waals surface area contributed by atoms with Crippen LogP contribution in [0.15, 0.2) is 48.5 Å². The van der Waals surface area contributed by atoms with Crippen LogP contribution in [0.25, 0.3) is 11.1 Å². The Morgan fingerprint density at radius 3 is 2.50 bits per heavy atom. The Morgan fingerprint density at radius 1 is 1.14 bits per heavy atom. The maximum Gasteiger partial charge on any atom is 0.336 e. The van der Waals surface area contributed by atoms with Crippen LogP contribution in [0.1, 0.15) is 42.0 Å². The van der Waals surface area contributed by atoms with Gasteiger partial charge in [0, 0.05) is 13.0 Å². The first kappa shape index (κ1) is 19.6. The summed E-state index contributed by atoms with van der Waals surface area (Å²) in [6.07, 6.45) is 1.65. The largest absolute Gasteiger partial charge is 0.478 e. The quantitative estimate of drug-likeness (QED) is 0.632. The molecule has 0 aliphatic heterocycles. The molecular weight excluding hydrogens is 354 g/mol. The van der Waals surface area contributed by atoms with Crippen LogP contribution >= 0.6 is 0 Å². The zero-order valence-corrected chi connectivity index (χ0v) is 16.4. The molecule has 0 spiro atoms. The molecule has 0 radical (unpaired) electrons. The second-order valence-electron chi connectivity index (χ2n) is 7.14. The summed E-state index contributed by atoms with van der Waals surface area (Å²) in [6, 6.07) is 15.3. The highest BCUT2D eigenvalue weighted by Crippen LogP contribution is 2.25. The molecule has 1 N–H and O–H groups in total. The summed E-state index contributed by atoms with van der Waals surface area (Å²) < 4.78 is 7.10. The van der Waals surface area contributed by atoms with E-state index in [4.69, 9.17) is 4.74 Å². The number of aromatic nitrogens is 3. The van der Waals surface area contributed by atoms with Crippen LogP contribution in [-0.2, 0) is 13.0 Å². The molecule has 3 aromatic rings. The zero-order chi connectivity index (χ0) is 20.1. The van der Waals surface area contributed by atoms with Gasteiger partial charge in [0.15, 0.2) is 0 Å². The molecule has 6 heteroatoms. The van der Waals surface area contributed by atoms with E-state index in [2.05, 4.69) is 23.9 Å². The molecule has 0 atom stereocenters. The third-order valence-corrected chi connectivity index (χ3v) is 4.61. The van der Waals surface area contributed by atoms with Gasteiger partial charge in [-0.1, -0.05) is 56.3 Å². The lowest BCUT2D eigenvalue weighted by Crippen LogP contribution is -2.08. The summed E-state index contributed by atoms with van der Waals surface area (Å²) in [5.74, 6) is 0.512. The van der Waals surface area contributed by atoms with Crippen LogP contribution in [0.4, 0.5) is 0 Å². The van der Waals surface area contributed by atoms with E-state index in [-0.39, 0.29) is 0 Å². The maximum absolute atomic E-state index is 11.5. The Balaban J connectivity index is 1.82. The first-order chi connectivity index (χ1) is 13.5. The molecule has 0 aliphatic carbocycles. The maximum atomic E-state index is 11.5. The van der Waals surface area contributed by atoms with Gasteiger partial charge in [-0.25, -0.2) is 9.48 Å². The van der Waals surface area contributed by atoms with E-state index in [1.54, 1.807) is 19.2 Å². The number of rotatable bonds is 8. The van der Waals surface area contributed by atoms with Crippen molar-refractivity contribution < 1.29 is 14.6 Å². The summed E-state index contributed by atoms with van der Waals surface area (Å²) in [6.45, 7) is 5.16. The van der Waals surface area contributed by atoms with Crippen molar-refractivity contribution in [3.63, 3.8) is 0 Å². The average molecular weight is 379 g/mol. The predicted octanol–water partition coefficient (Wildman–Crippen LogP) is 4.29. The Morgan fingerprint density at radius 2 is 1.86 bits per heavy atom. The number of carboxylic acids is 1. The molecule has 0 saturated heterocycles.